The Hall–Kier alpha value is -3.38. The van der Waals surface area contributed by atoms with Gasteiger partial charge in [-0.3, -0.25) is 9.78 Å². The van der Waals surface area contributed by atoms with Crippen molar-refractivity contribution in [1.29, 1.82) is 0 Å². The Bertz CT molecular complexity index is 1060. The molecule has 0 amide bonds. The minimum Gasteiger partial charge on any atom is -0.493 e. The number of aliphatic hydroxyl groups is 1. The van der Waals surface area contributed by atoms with Crippen molar-refractivity contribution in [3.05, 3.63) is 83.2 Å². The SMILES string of the molecule is CCc1ccc(COc2ccc(C3(O)CN(c4cccnc4C=O)C3)cc2OC)cc1. The van der Waals surface area contributed by atoms with Crippen LogP contribution in [-0.4, -0.2) is 36.6 Å². The molecular weight excluding hydrogens is 392 g/mol. The van der Waals surface area contributed by atoms with Gasteiger partial charge in [-0.2, -0.15) is 0 Å². The van der Waals surface area contributed by atoms with Crippen LogP contribution in [0.4, 0.5) is 5.69 Å². The molecule has 4 rings (SSSR count). The molecule has 1 aliphatic rings. The number of aromatic nitrogens is 1. The fourth-order valence-corrected chi connectivity index (χ4v) is 3.81. The molecule has 0 atom stereocenters. The quantitative estimate of drug-likeness (QED) is 0.562. The van der Waals surface area contributed by atoms with E-state index in [-0.39, 0.29) is 0 Å². The number of benzene rings is 2. The molecule has 31 heavy (non-hydrogen) atoms. The fourth-order valence-electron chi connectivity index (χ4n) is 3.81. The predicted octanol–water partition coefficient (Wildman–Crippen LogP) is 3.75. The molecule has 2 heterocycles. The summed E-state index contributed by atoms with van der Waals surface area (Å²) < 4.78 is 11.5. The Morgan fingerprint density at radius 1 is 1.10 bits per heavy atom. The summed E-state index contributed by atoms with van der Waals surface area (Å²) in [5, 5.41) is 11.1. The van der Waals surface area contributed by atoms with Crippen LogP contribution in [0.5, 0.6) is 11.5 Å². The number of pyridine rings is 1. The molecule has 6 nitrogen and oxygen atoms in total. The summed E-state index contributed by atoms with van der Waals surface area (Å²) in [5.74, 6) is 1.20. The molecule has 0 saturated carbocycles. The third-order valence-electron chi connectivity index (χ3n) is 5.70. The summed E-state index contributed by atoms with van der Waals surface area (Å²) >= 11 is 0. The number of ether oxygens (including phenoxy) is 2. The zero-order valence-corrected chi connectivity index (χ0v) is 17.7. The van der Waals surface area contributed by atoms with E-state index in [0.717, 1.165) is 29.5 Å². The van der Waals surface area contributed by atoms with E-state index in [1.165, 1.54) is 5.56 Å². The highest BCUT2D eigenvalue weighted by Crippen LogP contribution is 2.39. The van der Waals surface area contributed by atoms with Gasteiger partial charge in [0, 0.05) is 6.20 Å². The normalized spacial score (nSPS) is 14.6. The number of nitrogens with zero attached hydrogens (tertiary/aromatic N) is 2. The van der Waals surface area contributed by atoms with Gasteiger partial charge in [0.1, 0.15) is 17.9 Å². The average Bonchev–Trinajstić information content (AvgIpc) is 2.80. The number of aldehydes is 1. The van der Waals surface area contributed by atoms with Gasteiger partial charge >= 0.3 is 0 Å². The van der Waals surface area contributed by atoms with Gasteiger partial charge < -0.3 is 19.5 Å². The lowest BCUT2D eigenvalue weighted by Crippen LogP contribution is -2.59. The lowest BCUT2D eigenvalue weighted by Gasteiger charge is -2.48. The maximum Gasteiger partial charge on any atom is 0.170 e. The van der Waals surface area contributed by atoms with Crippen molar-refractivity contribution in [3.63, 3.8) is 0 Å². The summed E-state index contributed by atoms with van der Waals surface area (Å²) in [6.07, 6.45) is 3.33. The molecule has 0 radical (unpaired) electrons. The minimum absolute atomic E-state index is 0.368. The summed E-state index contributed by atoms with van der Waals surface area (Å²) in [7, 11) is 1.59. The molecule has 0 aliphatic carbocycles. The van der Waals surface area contributed by atoms with Crippen LogP contribution >= 0.6 is 0 Å². The van der Waals surface area contributed by atoms with E-state index in [4.69, 9.17) is 9.47 Å². The van der Waals surface area contributed by atoms with Gasteiger partial charge in [-0.25, -0.2) is 0 Å². The summed E-state index contributed by atoms with van der Waals surface area (Å²) in [6, 6.07) is 17.5. The summed E-state index contributed by atoms with van der Waals surface area (Å²) in [6.45, 7) is 3.30. The number of hydrogen-bond acceptors (Lipinski definition) is 6. The first-order chi connectivity index (χ1) is 15.1. The number of hydrogen-bond donors (Lipinski definition) is 1. The topological polar surface area (TPSA) is 71.9 Å². The summed E-state index contributed by atoms with van der Waals surface area (Å²) in [4.78, 5) is 17.3. The third kappa shape index (κ3) is 4.25. The largest absolute Gasteiger partial charge is 0.493 e. The van der Waals surface area contributed by atoms with Gasteiger partial charge in [-0.1, -0.05) is 37.3 Å². The highest BCUT2D eigenvalue weighted by Gasteiger charge is 2.44. The minimum atomic E-state index is -1.03. The lowest BCUT2D eigenvalue weighted by atomic mass is 9.85. The second-order valence-corrected chi connectivity index (χ2v) is 7.74. The Kier molecular flexibility index (Phi) is 5.91. The molecule has 1 N–H and O–H groups in total. The molecule has 1 aromatic heterocycles. The number of carbonyl (C=O) groups is 1. The second-order valence-electron chi connectivity index (χ2n) is 7.74. The van der Waals surface area contributed by atoms with Crippen LogP contribution in [0.25, 0.3) is 0 Å². The van der Waals surface area contributed by atoms with Gasteiger partial charge in [-0.15, -0.1) is 0 Å². The molecule has 0 unspecified atom stereocenters. The van der Waals surface area contributed by atoms with Crippen LogP contribution in [0.15, 0.2) is 60.8 Å². The number of methoxy groups -OCH3 is 1. The van der Waals surface area contributed by atoms with E-state index in [0.29, 0.717) is 36.9 Å². The molecule has 1 aliphatic heterocycles. The van der Waals surface area contributed by atoms with Crippen molar-refractivity contribution < 1.29 is 19.4 Å². The number of aryl methyl sites for hydroxylation is 1. The first kappa shape index (κ1) is 20.9. The van der Waals surface area contributed by atoms with E-state index in [1.807, 2.05) is 29.2 Å². The molecule has 3 aromatic rings. The Morgan fingerprint density at radius 2 is 1.84 bits per heavy atom. The van der Waals surface area contributed by atoms with Gasteiger partial charge in [0.15, 0.2) is 17.8 Å². The Balaban J connectivity index is 1.45. The van der Waals surface area contributed by atoms with Crippen LogP contribution < -0.4 is 14.4 Å². The standard InChI is InChI=1S/C25H26N2O4/c1-3-18-6-8-19(9-7-18)15-31-23-11-10-20(13-24(23)30-2)25(29)16-27(17-25)22-5-4-12-26-21(22)14-28/h4-14,29H,3,15-17H2,1-2H3. The van der Waals surface area contributed by atoms with E-state index >= 15 is 0 Å². The van der Waals surface area contributed by atoms with Crippen molar-refractivity contribution in [3.8, 4) is 11.5 Å². The van der Waals surface area contributed by atoms with Gasteiger partial charge in [0.05, 0.1) is 25.9 Å². The summed E-state index contributed by atoms with van der Waals surface area (Å²) in [5.41, 5.74) is 3.19. The van der Waals surface area contributed by atoms with E-state index in [1.54, 1.807) is 19.4 Å². The van der Waals surface area contributed by atoms with E-state index in [9.17, 15) is 9.90 Å². The van der Waals surface area contributed by atoms with Crippen molar-refractivity contribution >= 4 is 12.0 Å². The molecular formula is C25H26N2O4. The van der Waals surface area contributed by atoms with Crippen molar-refractivity contribution in [1.82, 2.24) is 4.98 Å². The van der Waals surface area contributed by atoms with Crippen molar-refractivity contribution in [2.75, 3.05) is 25.1 Å². The van der Waals surface area contributed by atoms with Crippen LogP contribution in [-0.2, 0) is 18.6 Å². The highest BCUT2D eigenvalue weighted by atomic mass is 16.5. The zero-order chi connectivity index (χ0) is 21.8. The maximum atomic E-state index is 11.2. The second kappa shape index (κ2) is 8.78. The molecule has 160 valence electrons. The fraction of sp³-hybridized carbons (Fsp3) is 0.280. The number of rotatable bonds is 8. The van der Waals surface area contributed by atoms with Crippen LogP contribution in [0.1, 0.15) is 34.1 Å². The number of anilines is 1. The Morgan fingerprint density at radius 3 is 2.52 bits per heavy atom. The molecule has 2 aromatic carbocycles. The maximum absolute atomic E-state index is 11.2. The van der Waals surface area contributed by atoms with Crippen LogP contribution in [0.3, 0.4) is 0 Å². The molecule has 0 bridgehead atoms. The molecule has 0 spiro atoms. The van der Waals surface area contributed by atoms with Crippen LogP contribution in [0, 0.1) is 0 Å². The third-order valence-corrected chi connectivity index (χ3v) is 5.70. The van der Waals surface area contributed by atoms with Gasteiger partial charge in [0.2, 0.25) is 0 Å². The lowest BCUT2D eigenvalue weighted by molar-refractivity contribution is 0.00718. The zero-order valence-electron chi connectivity index (χ0n) is 17.7. The first-order valence-electron chi connectivity index (χ1n) is 10.3. The number of carbonyl (C=O) groups excluding carboxylic acids is 1. The predicted molar refractivity (Wildman–Crippen MR) is 119 cm³/mol. The molecule has 1 saturated heterocycles. The monoisotopic (exact) mass is 418 g/mol. The van der Waals surface area contributed by atoms with Crippen molar-refractivity contribution in [2.24, 2.45) is 0 Å². The number of β-amino-alcohol motifs (C(OH)–C–C–N with tert-alkyl or cyclic N) is 1. The van der Waals surface area contributed by atoms with Crippen LogP contribution in [0.2, 0.25) is 0 Å². The highest BCUT2D eigenvalue weighted by molar-refractivity contribution is 5.82. The molecule has 1 fully saturated rings. The average molecular weight is 418 g/mol. The van der Waals surface area contributed by atoms with Gasteiger partial charge in [0.25, 0.3) is 0 Å². The van der Waals surface area contributed by atoms with Gasteiger partial charge in [-0.05, 0) is 47.4 Å². The van der Waals surface area contributed by atoms with Crippen molar-refractivity contribution in [2.45, 2.75) is 25.6 Å². The smallest absolute Gasteiger partial charge is 0.170 e. The Labute approximate surface area is 182 Å². The van der Waals surface area contributed by atoms with E-state index in [2.05, 4.69) is 36.2 Å². The van der Waals surface area contributed by atoms with E-state index < -0.39 is 5.60 Å². The first-order valence-corrected chi connectivity index (χ1v) is 10.3. The molecule has 6 heteroatoms.